The number of hydrogen-bond donors (Lipinski definition) is 1. The minimum Gasteiger partial charge on any atom is -0.376 e. The lowest BCUT2D eigenvalue weighted by atomic mass is 10.0. The first-order valence-corrected chi connectivity index (χ1v) is 6.21. The Morgan fingerprint density at radius 2 is 2.00 bits per heavy atom. The van der Waals surface area contributed by atoms with E-state index in [1.54, 1.807) is 18.3 Å². The van der Waals surface area contributed by atoms with Crippen molar-refractivity contribution in [2.45, 2.75) is 19.4 Å². The number of halogens is 2. The minimum absolute atomic E-state index is 0.0901. The summed E-state index contributed by atoms with van der Waals surface area (Å²) in [6, 6.07) is 10.3. The van der Waals surface area contributed by atoms with E-state index >= 15 is 0 Å². The zero-order valence-corrected chi connectivity index (χ0v) is 10.8. The highest BCUT2D eigenvalue weighted by Crippen LogP contribution is 2.26. The summed E-state index contributed by atoms with van der Waals surface area (Å²) in [6.45, 7) is 2.06. The van der Waals surface area contributed by atoms with Gasteiger partial charge in [0.25, 0.3) is 0 Å². The lowest BCUT2D eigenvalue weighted by Crippen LogP contribution is -2.10. The number of nitrogens with zero attached hydrogens (tertiary/aromatic N) is 1. The van der Waals surface area contributed by atoms with Crippen LogP contribution in [-0.2, 0) is 0 Å². The maximum Gasteiger partial charge on any atom is 0.152 e. The van der Waals surface area contributed by atoms with Crippen molar-refractivity contribution in [2.24, 2.45) is 0 Å². The molecule has 0 saturated carbocycles. The van der Waals surface area contributed by atoms with Crippen molar-refractivity contribution in [3.63, 3.8) is 0 Å². The molecule has 1 aromatic heterocycles. The Bertz CT molecular complexity index is 513. The minimum atomic E-state index is -0.229. The van der Waals surface area contributed by atoms with Crippen molar-refractivity contribution in [3.8, 4) is 0 Å². The summed E-state index contributed by atoms with van der Waals surface area (Å²) in [4.78, 5) is 4.02. The summed E-state index contributed by atoms with van der Waals surface area (Å²) in [5.74, 6) is -0.229. The summed E-state index contributed by atoms with van der Waals surface area (Å²) in [5.41, 5.74) is 1.81. The normalized spacial score (nSPS) is 12.2. The average molecular weight is 265 g/mol. The van der Waals surface area contributed by atoms with Crippen LogP contribution in [-0.4, -0.2) is 4.98 Å². The lowest BCUT2D eigenvalue weighted by molar-refractivity contribution is 0.625. The molecule has 1 aromatic carbocycles. The van der Waals surface area contributed by atoms with Gasteiger partial charge in [-0.25, -0.2) is 9.37 Å². The summed E-state index contributed by atoms with van der Waals surface area (Å²) in [6.07, 6.45) is 2.52. The Labute approximate surface area is 111 Å². The van der Waals surface area contributed by atoms with Crippen LogP contribution in [0.2, 0.25) is 5.15 Å². The van der Waals surface area contributed by atoms with E-state index in [4.69, 9.17) is 11.6 Å². The maximum atomic E-state index is 12.9. The summed E-state index contributed by atoms with van der Waals surface area (Å²) in [5, 5.41) is 3.76. The van der Waals surface area contributed by atoms with Crippen molar-refractivity contribution in [1.29, 1.82) is 0 Å². The molecule has 1 unspecified atom stereocenters. The molecule has 0 aliphatic rings. The van der Waals surface area contributed by atoms with Crippen molar-refractivity contribution >= 4 is 17.3 Å². The fraction of sp³-hybridized carbons (Fsp3) is 0.214. The molecule has 0 amide bonds. The third-order valence-corrected chi connectivity index (χ3v) is 3.07. The van der Waals surface area contributed by atoms with E-state index in [0.29, 0.717) is 5.15 Å². The van der Waals surface area contributed by atoms with Gasteiger partial charge in [-0.05, 0) is 36.2 Å². The highest BCUT2D eigenvalue weighted by Gasteiger charge is 2.11. The van der Waals surface area contributed by atoms with Gasteiger partial charge in [0.05, 0.1) is 11.7 Å². The number of hydrogen-bond acceptors (Lipinski definition) is 2. The molecule has 94 valence electrons. The van der Waals surface area contributed by atoms with Crippen molar-refractivity contribution in [3.05, 3.63) is 59.1 Å². The van der Waals surface area contributed by atoms with Crippen molar-refractivity contribution in [2.75, 3.05) is 5.32 Å². The number of rotatable bonds is 4. The van der Waals surface area contributed by atoms with Crippen LogP contribution in [0.25, 0.3) is 0 Å². The van der Waals surface area contributed by atoms with Gasteiger partial charge in [0.1, 0.15) is 5.82 Å². The molecule has 0 aliphatic carbocycles. The molecule has 2 nitrogen and oxygen atoms in total. The van der Waals surface area contributed by atoms with Crippen LogP contribution in [0, 0.1) is 5.82 Å². The predicted molar refractivity (Wildman–Crippen MR) is 72.3 cm³/mol. The quantitative estimate of drug-likeness (QED) is 0.826. The number of nitrogens with one attached hydrogen (secondary N) is 1. The van der Waals surface area contributed by atoms with E-state index in [-0.39, 0.29) is 11.9 Å². The van der Waals surface area contributed by atoms with E-state index in [2.05, 4.69) is 17.2 Å². The highest BCUT2D eigenvalue weighted by atomic mass is 35.5. The largest absolute Gasteiger partial charge is 0.376 e. The number of aromatic nitrogens is 1. The Balaban J connectivity index is 2.20. The van der Waals surface area contributed by atoms with E-state index in [1.165, 1.54) is 12.1 Å². The molecule has 0 radical (unpaired) electrons. The molecule has 0 saturated heterocycles. The first-order valence-electron chi connectivity index (χ1n) is 5.83. The number of anilines is 1. The summed E-state index contributed by atoms with van der Waals surface area (Å²) < 4.78 is 12.9. The fourth-order valence-electron chi connectivity index (χ4n) is 1.80. The van der Waals surface area contributed by atoms with Gasteiger partial charge in [0.15, 0.2) is 5.15 Å². The van der Waals surface area contributed by atoms with E-state index < -0.39 is 0 Å². The molecule has 0 bridgehead atoms. The second-order valence-electron chi connectivity index (χ2n) is 4.00. The van der Waals surface area contributed by atoms with Gasteiger partial charge in [0.2, 0.25) is 0 Å². The van der Waals surface area contributed by atoms with Crippen LogP contribution < -0.4 is 5.32 Å². The van der Waals surface area contributed by atoms with Gasteiger partial charge in [0, 0.05) is 6.20 Å². The fourth-order valence-corrected chi connectivity index (χ4v) is 1.97. The van der Waals surface area contributed by atoms with Crippen molar-refractivity contribution < 1.29 is 4.39 Å². The van der Waals surface area contributed by atoms with Crippen LogP contribution in [0.1, 0.15) is 24.9 Å². The SMILES string of the molecule is CCC(Nc1cccnc1Cl)c1ccc(F)cc1. The Morgan fingerprint density at radius 1 is 1.28 bits per heavy atom. The Kier molecular flexibility index (Phi) is 4.15. The monoisotopic (exact) mass is 264 g/mol. The van der Waals surface area contributed by atoms with E-state index in [1.807, 2.05) is 12.1 Å². The first-order chi connectivity index (χ1) is 8.70. The number of benzene rings is 1. The van der Waals surface area contributed by atoms with Crippen LogP contribution in [0.3, 0.4) is 0 Å². The molecule has 2 aromatic rings. The molecule has 0 spiro atoms. The average Bonchev–Trinajstić information content (AvgIpc) is 2.39. The Morgan fingerprint density at radius 3 is 2.61 bits per heavy atom. The van der Waals surface area contributed by atoms with Crippen LogP contribution in [0.5, 0.6) is 0 Å². The molecule has 1 N–H and O–H groups in total. The van der Waals surface area contributed by atoms with Gasteiger partial charge < -0.3 is 5.32 Å². The number of pyridine rings is 1. The van der Waals surface area contributed by atoms with Gasteiger partial charge in [-0.2, -0.15) is 0 Å². The lowest BCUT2D eigenvalue weighted by Gasteiger charge is -2.19. The van der Waals surface area contributed by atoms with Crippen molar-refractivity contribution in [1.82, 2.24) is 4.98 Å². The molecule has 1 heterocycles. The molecule has 1 atom stereocenters. The molecule has 0 aliphatic heterocycles. The third kappa shape index (κ3) is 2.99. The summed E-state index contributed by atoms with van der Waals surface area (Å²) in [7, 11) is 0. The van der Waals surface area contributed by atoms with Crippen LogP contribution >= 0.6 is 11.6 Å². The molecule has 18 heavy (non-hydrogen) atoms. The zero-order chi connectivity index (χ0) is 13.0. The maximum absolute atomic E-state index is 12.9. The van der Waals surface area contributed by atoms with Crippen LogP contribution in [0.4, 0.5) is 10.1 Å². The molecular weight excluding hydrogens is 251 g/mol. The smallest absolute Gasteiger partial charge is 0.152 e. The topological polar surface area (TPSA) is 24.9 Å². The summed E-state index contributed by atoms with van der Waals surface area (Å²) >= 11 is 6.00. The van der Waals surface area contributed by atoms with Gasteiger partial charge in [-0.3, -0.25) is 0 Å². The Hall–Kier alpha value is -1.61. The third-order valence-electron chi connectivity index (χ3n) is 2.77. The van der Waals surface area contributed by atoms with Gasteiger partial charge in [-0.15, -0.1) is 0 Å². The van der Waals surface area contributed by atoms with Gasteiger partial charge in [-0.1, -0.05) is 30.7 Å². The second-order valence-corrected chi connectivity index (χ2v) is 4.36. The zero-order valence-electron chi connectivity index (χ0n) is 10.0. The molecule has 4 heteroatoms. The second kappa shape index (κ2) is 5.83. The first kappa shape index (κ1) is 12.8. The predicted octanol–water partition coefficient (Wildman–Crippen LogP) is 4.44. The van der Waals surface area contributed by atoms with Gasteiger partial charge >= 0.3 is 0 Å². The van der Waals surface area contributed by atoms with E-state index in [0.717, 1.165) is 17.7 Å². The highest BCUT2D eigenvalue weighted by molar-refractivity contribution is 6.31. The molecule has 0 fully saturated rings. The van der Waals surface area contributed by atoms with Crippen LogP contribution in [0.15, 0.2) is 42.6 Å². The molecular formula is C14H14ClFN2. The van der Waals surface area contributed by atoms with E-state index in [9.17, 15) is 4.39 Å². The molecule has 2 rings (SSSR count). The standard InChI is InChI=1S/C14H14ClFN2/c1-2-12(10-5-7-11(16)8-6-10)18-13-4-3-9-17-14(13)15/h3-9,12,18H,2H2,1H3.